The molecule has 4 rings (SSSR count). The molecular weight excluding hydrogens is 424 g/mol. The summed E-state index contributed by atoms with van der Waals surface area (Å²) in [6.45, 7) is 11.2. The topological polar surface area (TPSA) is 31.0 Å². The van der Waals surface area contributed by atoms with Gasteiger partial charge in [0, 0.05) is 12.5 Å². The van der Waals surface area contributed by atoms with Crippen molar-refractivity contribution in [3.8, 4) is 0 Å². The summed E-state index contributed by atoms with van der Waals surface area (Å²) in [4.78, 5) is 0. The van der Waals surface area contributed by atoms with Crippen LogP contribution in [-0.2, 0) is 20.5 Å². The second-order valence-corrected chi connectivity index (χ2v) is 14.4. The third-order valence-electron chi connectivity index (χ3n) is 6.55. The summed E-state index contributed by atoms with van der Waals surface area (Å²) in [7, 11) is -2.56. The Morgan fingerprint density at radius 3 is 1.79 bits per heavy atom. The van der Waals surface area contributed by atoms with E-state index in [9.17, 15) is 0 Å². The molecule has 1 fully saturated rings. The molecule has 0 aromatic heterocycles. The Kier molecular flexibility index (Phi) is 7.50. The molecule has 3 aromatic rings. The van der Waals surface area contributed by atoms with Gasteiger partial charge in [-0.25, -0.2) is 0 Å². The van der Waals surface area contributed by atoms with Crippen LogP contribution >= 0.6 is 0 Å². The molecule has 1 saturated heterocycles. The van der Waals surface area contributed by atoms with Gasteiger partial charge in [-0.2, -0.15) is 0 Å². The number of epoxide rings is 1. The fourth-order valence-electron chi connectivity index (χ4n) is 4.76. The first kappa shape index (κ1) is 23.9. The van der Waals surface area contributed by atoms with Crippen LogP contribution in [0.15, 0.2) is 91.0 Å². The molecule has 0 unspecified atom stereocenters. The van der Waals surface area contributed by atoms with Crippen molar-refractivity contribution < 1.29 is 13.9 Å². The zero-order valence-corrected chi connectivity index (χ0v) is 21.2. The van der Waals surface area contributed by atoms with Gasteiger partial charge in [-0.3, -0.25) is 0 Å². The molecular formula is C29H36O3Si. The van der Waals surface area contributed by atoms with Crippen molar-refractivity contribution >= 4 is 18.7 Å². The van der Waals surface area contributed by atoms with Gasteiger partial charge in [-0.05, 0) is 21.0 Å². The fourth-order valence-corrected chi connectivity index (χ4v) is 9.43. The van der Waals surface area contributed by atoms with E-state index in [1.807, 2.05) is 6.07 Å². The molecule has 0 bridgehead atoms. The minimum Gasteiger partial charge on any atom is -0.407 e. The van der Waals surface area contributed by atoms with Gasteiger partial charge in [-0.15, -0.1) is 0 Å². The number of rotatable bonds is 10. The predicted octanol–water partition coefficient (Wildman–Crippen LogP) is 5.18. The van der Waals surface area contributed by atoms with Crippen LogP contribution in [0, 0.1) is 5.92 Å². The average Bonchev–Trinajstić information content (AvgIpc) is 3.66. The molecule has 0 aliphatic carbocycles. The van der Waals surface area contributed by atoms with Crippen molar-refractivity contribution in [2.24, 2.45) is 5.92 Å². The maximum absolute atomic E-state index is 7.14. The molecule has 0 spiro atoms. The van der Waals surface area contributed by atoms with Crippen LogP contribution in [0.1, 0.15) is 33.3 Å². The highest BCUT2D eigenvalue weighted by Crippen LogP contribution is 2.37. The standard InChI is InChI=1S/C29H36O3Si/c1-23(28(27-22-30-27)31-21-24-14-8-5-9-15-24)20-32-33(29(2,3)4,25-16-10-6-11-17-25)26-18-12-7-13-19-26/h5-19,23,27-28H,20-22H2,1-4H3/t23-,27+,28-/m1/s1. The lowest BCUT2D eigenvalue weighted by atomic mass is 10.0. The molecule has 0 saturated carbocycles. The van der Waals surface area contributed by atoms with Crippen LogP contribution in [0.25, 0.3) is 0 Å². The molecule has 3 atom stereocenters. The van der Waals surface area contributed by atoms with Crippen molar-refractivity contribution in [1.82, 2.24) is 0 Å². The smallest absolute Gasteiger partial charge is 0.261 e. The fraction of sp³-hybridized carbons (Fsp3) is 0.379. The van der Waals surface area contributed by atoms with E-state index in [1.54, 1.807) is 0 Å². The lowest BCUT2D eigenvalue weighted by Gasteiger charge is -2.44. The number of hydrogen-bond donors (Lipinski definition) is 0. The van der Waals surface area contributed by atoms with Gasteiger partial charge in [0.05, 0.1) is 19.3 Å². The maximum atomic E-state index is 7.14. The van der Waals surface area contributed by atoms with Crippen molar-refractivity contribution in [1.29, 1.82) is 0 Å². The summed E-state index contributed by atoms with van der Waals surface area (Å²) in [5.74, 6) is 0.211. The van der Waals surface area contributed by atoms with Crippen molar-refractivity contribution in [3.05, 3.63) is 96.6 Å². The zero-order chi connectivity index (χ0) is 23.3. The monoisotopic (exact) mass is 460 g/mol. The van der Waals surface area contributed by atoms with Crippen LogP contribution in [-0.4, -0.2) is 33.7 Å². The highest BCUT2D eigenvalue weighted by atomic mass is 28.4. The molecule has 0 amide bonds. The van der Waals surface area contributed by atoms with Crippen LogP contribution in [0.4, 0.5) is 0 Å². The molecule has 3 aromatic carbocycles. The van der Waals surface area contributed by atoms with Crippen molar-refractivity contribution in [3.63, 3.8) is 0 Å². The van der Waals surface area contributed by atoms with Gasteiger partial charge in [0.2, 0.25) is 0 Å². The Balaban J connectivity index is 1.58. The van der Waals surface area contributed by atoms with Crippen molar-refractivity contribution in [2.75, 3.05) is 13.2 Å². The van der Waals surface area contributed by atoms with Gasteiger partial charge in [0.25, 0.3) is 8.32 Å². The second-order valence-electron chi connectivity index (χ2n) is 10.1. The summed E-state index contributed by atoms with van der Waals surface area (Å²) in [5.41, 5.74) is 1.18. The Morgan fingerprint density at radius 1 is 0.848 bits per heavy atom. The summed E-state index contributed by atoms with van der Waals surface area (Å²) >= 11 is 0. The normalized spacial score (nSPS) is 18.0. The van der Waals surface area contributed by atoms with Gasteiger partial charge >= 0.3 is 0 Å². The zero-order valence-electron chi connectivity index (χ0n) is 20.2. The highest BCUT2D eigenvalue weighted by molar-refractivity contribution is 6.99. The third kappa shape index (κ3) is 5.47. The number of ether oxygens (including phenoxy) is 2. The lowest BCUT2D eigenvalue weighted by molar-refractivity contribution is -0.0241. The van der Waals surface area contributed by atoms with E-state index < -0.39 is 8.32 Å². The van der Waals surface area contributed by atoms with Crippen LogP contribution in [0.2, 0.25) is 5.04 Å². The highest BCUT2D eigenvalue weighted by Gasteiger charge is 2.50. The van der Waals surface area contributed by atoms with Gasteiger partial charge in [-0.1, -0.05) is 119 Å². The molecule has 3 nitrogen and oxygen atoms in total. The van der Waals surface area contributed by atoms with E-state index in [1.165, 1.54) is 15.9 Å². The first-order valence-corrected chi connectivity index (χ1v) is 13.8. The van der Waals surface area contributed by atoms with Crippen LogP contribution in [0.5, 0.6) is 0 Å². The van der Waals surface area contributed by atoms with Crippen LogP contribution in [0.3, 0.4) is 0 Å². The quantitative estimate of drug-likeness (QED) is 0.308. The van der Waals surface area contributed by atoms with E-state index in [4.69, 9.17) is 13.9 Å². The molecule has 33 heavy (non-hydrogen) atoms. The van der Waals surface area contributed by atoms with E-state index in [0.29, 0.717) is 13.2 Å². The van der Waals surface area contributed by atoms with E-state index in [2.05, 4.69) is 113 Å². The SMILES string of the molecule is C[C@H](CO[Si](c1ccccc1)(c1ccccc1)C(C)(C)C)[C@@H](OCc1ccccc1)[C@@H]1CO1. The Labute approximate surface area is 199 Å². The van der Waals surface area contributed by atoms with E-state index >= 15 is 0 Å². The first-order valence-electron chi connectivity index (χ1n) is 11.9. The second kappa shape index (κ2) is 10.4. The minimum atomic E-state index is -2.56. The summed E-state index contributed by atoms with van der Waals surface area (Å²) in [5, 5.41) is 2.58. The van der Waals surface area contributed by atoms with Crippen molar-refractivity contribution in [2.45, 2.75) is 51.5 Å². The van der Waals surface area contributed by atoms with E-state index in [0.717, 1.165) is 6.61 Å². The summed E-state index contributed by atoms with van der Waals surface area (Å²) in [6, 6.07) is 32.0. The van der Waals surface area contributed by atoms with Gasteiger partial charge in [0.15, 0.2) is 0 Å². The molecule has 174 valence electrons. The largest absolute Gasteiger partial charge is 0.407 e. The average molecular weight is 461 g/mol. The minimum absolute atomic E-state index is 0.0171. The Bertz CT molecular complexity index is 942. The molecule has 0 radical (unpaired) electrons. The van der Waals surface area contributed by atoms with Gasteiger partial charge in [0.1, 0.15) is 6.10 Å². The summed E-state index contributed by atoms with van der Waals surface area (Å²) in [6.07, 6.45) is 0.176. The summed E-state index contributed by atoms with van der Waals surface area (Å²) < 4.78 is 19.2. The first-order chi connectivity index (χ1) is 15.9. The molecule has 0 N–H and O–H groups in total. The maximum Gasteiger partial charge on any atom is 0.261 e. The number of hydrogen-bond acceptors (Lipinski definition) is 3. The van der Waals surface area contributed by atoms with Crippen LogP contribution < -0.4 is 10.4 Å². The lowest BCUT2D eigenvalue weighted by Crippen LogP contribution is -2.67. The molecule has 1 aliphatic heterocycles. The van der Waals surface area contributed by atoms with E-state index in [-0.39, 0.29) is 23.2 Å². The van der Waals surface area contributed by atoms with Gasteiger partial charge < -0.3 is 13.9 Å². The third-order valence-corrected chi connectivity index (χ3v) is 11.6. The predicted molar refractivity (Wildman–Crippen MR) is 137 cm³/mol. The Hall–Kier alpha value is -2.24. The molecule has 4 heteroatoms. The molecule has 1 aliphatic rings. The number of benzene rings is 3. The Morgan fingerprint density at radius 2 is 1.33 bits per heavy atom. The molecule has 1 heterocycles.